The molecule has 3 N–H and O–H groups in total. The fourth-order valence-electron chi connectivity index (χ4n) is 3.73. The van der Waals surface area contributed by atoms with E-state index >= 15 is 0 Å². The lowest BCUT2D eigenvalue weighted by Crippen LogP contribution is -2.22. The summed E-state index contributed by atoms with van der Waals surface area (Å²) in [5.41, 5.74) is 2.01. The van der Waals surface area contributed by atoms with Crippen molar-refractivity contribution in [3.8, 4) is 11.4 Å². The van der Waals surface area contributed by atoms with E-state index in [-0.39, 0.29) is 24.0 Å². The number of anilines is 3. The highest BCUT2D eigenvalue weighted by molar-refractivity contribution is 5.64. The highest BCUT2D eigenvalue weighted by atomic mass is 19.1. The first-order chi connectivity index (χ1) is 17.8. The van der Waals surface area contributed by atoms with Crippen LogP contribution in [0.15, 0.2) is 67.0 Å². The summed E-state index contributed by atoms with van der Waals surface area (Å²) in [6.07, 6.45) is 2.72. The maximum absolute atomic E-state index is 14.2. The van der Waals surface area contributed by atoms with Gasteiger partial charge < -0.3 is 20.6 Å². The van der Waals surface area contributed by atoms with E-state index in [2.05, 4.69) is 30.6 Å². The summed E-state index contributed by atoms with van der Waals surface area (Å²) >= 11 is 0. The minimum Gasteiger partial charge on any atom is -0.465 e. The third-order valence-electron chi connectivity index (χ3n) is 5.49. The van der Waals surface area contributed by atoms with Gasteiger partial charge in [-0.3, -0.25) is 0 Å². The van der Waals surface area contributed by atoms with Gasteiger partial charge in [-0.15, -0.1) is 0 Å². The van der Waals surface area contributed by atoms with Crippen molar-refractivity contribution in [3.05, 3.63) is 89.8 Å². The van der Waals surface area contributed by atoms with Gasteiger partial charge in [0.2, 0.25) is 5.95 Å². The van der Waals surface area contributed by atoms with Gasteiger partial charge in [-0.25, -0.2) is 28.5 Å². The van der Waals surface area contributed by atoms with Gasteiger partial charge in [0.1, 0.15) is 23.3 Å². The molecule has 4 rings (SSSR count). The standard InChI is InChI=1S/C26H25F2N7O2/c1-16(12-17-4-3-5-18(13-17)15-31-26(36)37)32-25-30-11-9-23(34-25)35(2)22-8-10-29-24(33-22)20-7-6-19(27)14-21(20)28/h3-11,13-14,16,31H,12,15H2,1-2H3,(H,36,37)(H,30,32,34). The van der Waals surface area contributed by atoms with Crippen molar-refractivity contribution in [2.24, 2.45) is 0 Å². The third kappa shape index (κ3) is 6.72. The Morgan fingerprint density at radius 3 is 2.49 bits per heavy atom. The zero-order valence-corrected chi connectivity index (χ0v) is 20.2. The van der Waals surface area contributed by atoms with Crippen LogP contribution < -0.4 is 15.5 Å². The normalized spacial score (nSPS) is 11.6. The van der Waals surface area contributed by atoms with Crippen LogP contribution in [0.1, 0.15) is 18.1 Å². The van der Waals surface area contributed by atoms with Gasteiger partial charge in [-0.2, -0.15) is 4.98 Å². The molecule has 2 aromatic carbocycles. The molecular weight excluding hydrogens is 480 g/mol. The number of nitrogens with one attached hydrogen (secondary N) is 2. The number of benzene rings is 2. The molecule has 1 atom stereocenters. The van der Waals surface area contributed by atoms with Gasteiger partial charge in [0.05, 0.1) is 5.56 Å². The largest absolute Gasteiger partial charge is 0.465 e. The molecule has 0 aliphatic heterocycles. The van der Waals surface area contributed by atoms with Crippen LogP contribution in [0.4, 0.5) is 31.2 Å². The van der Waals surface area contributed by atoms with Gasteiger partial charge in [0, 0.05) is 38.1 Å². The second-order valence-corrected chi connectivity index (χ2v) is 8.39. The van der Waals surface area contributed by atoms with E-state index in [1.165, 1.54) is 12.3 Å². The van der Waals surface area contributed by atoms with Crippen LogP contribution in [0.3, 0.4) is 0 Å². The number of aromatic nitrogens is 4. The second-order valence-electron chi connectivity index (χ2n) is 8.39. The molecule has 0 aliphatic rings. The Morgan fingerprint density at radius 1 is 1.00 bits per heavy atom. The van der Waals surface area contributed by atoms with Crippen LogP contribution in [0.5, 0.6) is 0 Å². The highest BCUT2D eigenvalue weighted by Gasteiger charge is 2.14. The highest BCUT2D eigenvalue weighted by Crippen LogP contribution is 2.25. The van der Waals surface area contributed by atoms with Crippen molar-refractivity contribution in [3.63, 3.8) is 0 Å². The van der Waals surface area contributed by atoms with E-state index in [0.717, 1.165) is 23.3 Å². The van der Waals surface area contributed by atoms with Gasteiger partial charge in [0.25, 0.3) is 0 Å². The topological polar surface area (TPSA) is 116 Å². The minimum absolute atomic E-state index is 0.0182. The molecule has 0 saturated heterocycles. The second kappa shape index (κ2) is 11.4. The zero-order chi connectivity index (χ0) is 26.4. The maximum Gasteiger partial charge on any atom is 0.404 e. The molecular formula is C26H25F2N7O2. The molecule has 4 aromatic rings. The smallest absolute Gasteiger partial charge is 0.404 e. The molecule has 9 nitrogen and oxygen atoms in total. The predicted molar refractivity (Wildman–Crippen MR) is 136 cm³/mol. The molecule has 37 heavy (non-hydrogen) atoms. The minimum atomic E-state index is -1.07. The molecule has 11 heteroatoms. The summed E-state index contributed by atoms with van der Waals surface area (Å²) in [5, 5.41) is 14.4. The van der Waals surface area contributed by atoms with E-state index in [1.807, 2.05) is 31.2 Å². The fraction of sp³-hybridized carbons (Fsp3) is 0.192. The lowest BCUT2D eigenvalue weighted by atomic mass is 10.0. The fourth-order valence-corrected chi connectivity index (χ4v) is 3.73. The monoisotopic (exact) mass is 505 g/mol. The zero-order valence-electron chi connectivity index (χ0n) is 20.2. The molecule has 2 heterocycles. The molecule has 1 amide bonds. The summed E-state index contributed by atoms with van der Waals surface area (Å²) in [6.45, 7) is 2.23. The molecule has 0 spiro atoms. The number of hydrogen-bond acceptors (Lipinski definition) is 7. The van der Waals surface area contributed by atoms with Crippen molar-refractivity contribution < 1.29 is 18.7 Å². The number of amides is 1. The average Bonchev–Trinajstić information content (AvgIpc) is 2.87. The van der Waals surface area contributed by atoms with E-state index < -0.39 is 17.7 Å². The molecule has 0 saturated carbocycles. The molecule has 0 aliphatic carbocycles. The molecule has 0 fully saturated rings. The molecule has 190 valence electrons. The Hall–Kier alpha value is -4.67. The van der Waals surface area contributed by atoms with E-state index in [4.69, 9.17) is 5.11 Å². The van der Waals surface area contributed by atoms with Gasteiger partial charge in [0.15, 0.2) is 5.82 Å². The quantitative estimate of drug-likeness (QED) is 0.297. The van der Waals surface area contributed by atoms with Crippen LogP contribution in [0.25, 0.3) is 11.4 Å². The van der Waals surface area contributed by atoms with E-state index in [0.29, 0.717) is 24.0 Å². The van der Waals surface area contributed by atoms with Crippen molar-refractivity contribution in [2.45, 2.75) is 25.9 Å². The number of rotatable bonds is 9. The Labute approximate surface area is 212 Å². The Kier molecular flexibility index (Phi) is 7.82. The summed E-state index contributed by atoms with van der Waals surface area (Å²) in [4.78, 5) is 29.9. The first-order valence-electron chi connectivity index (χ1n) is 11.4. The van der Waals surface area contributed by atoms with Crippen LogP contribution in [-0.2, 0) is 13.0 Å². The third-order valence-corrected chi connectivity index (χ3v) is 5.49. The SMILES string of the molecule is CC(Cc1cccc(CNC(=O)O)c1)Nc1nccc(N(C)c2ccnc(-c3ccc(F)cc3F)n2)n1. The van der Waals surface area contributed by atoms with Gasteiger partial charge in [-0.05, 0) is 48.7 Å². The van der Waals surface area contributed by atoms with Gasteiger partial charge in [-0.1, -0.05) is 24.3 Å². The number of halogens is 2. The van der Waals surface area contributed by atoms with Crippen molar-refractivity contribution in [1.82, 2.24) is 25.3 Å². The summed E-state index contributed by atoms with van der Waals surface area (Å²) in [5.74, 6) is 0.149. The van der Waals surface area contributed by atoms with Crippen LogP contribution >= 0.6 is 0 Å². The summed E-state index contributed by atoms with van der Waals surface area (Å²) in [7, 11) is 1.76. The molecule has 1 unspecified atom stereocenters. The van der Waals surface area contributed by atoms with Crippen LogP contribution in [0.2, 0.25) is 0 Å². The Balaban J connectivity index is 1.45. The lowest BCUT2D eigenvalue weighted by Gasteiger charge is -2.19. The van der Waals surface area contributed by atoms with E-state index in [1.54, 1.807) is 30.3 Å². The summed E-state index contributed by atoms with van der Waals surface area (Å²) in [6, 6.07) is 14.3. The number of carbonyl (C=O) groups is 1. The Morgan fingerprint density at radius 2 is 1.73 bits per heavy atom. The summed E-state index contributed by atoms with van der Waals surface area (Å²) < 4.78 is 27.5. The molecule has 0 radical (unpaired) electrons. The Bertz CT molecular complexity index is 1400. The lowest BCUT2D eigenvalue weighted by molar-refractivity contribution is 0.194. The number of carboxylic acid groups (broad SMARTS) is 1. The first kappa shape index (κ1) is 25.4. The maximum atomic E-state index is 14.2. The van der Waals surface area contributed by atoms with Crippen molar-refractivity contribution in [1.29, 1.82) is 0 Å². The molecule has 2 aromatic heterocycles. The van der Waals surface area contributed by atoms with Crippen molar-refractivity contribution in [2.75, 3.05) is 17.3 Å². The predicted octanol–water partition coefficient (Wildman–Crippen LogP) is 4.79. The first-order valence-corrected chi connectivity index (χ1v) is 11.4. The number of hydrogen-bond donors (Lipinski definition) is 3. The molecule has 0 bridgehead atoms. The van der Waals surface area contributed by atoms with Crippen LogP contribution in [-0.4, -0.2) is 44.2 Å². The number of nitrogens with zero attached hydrogens (tertiary/aromatic N) is 5. The van der Waals surface area contributed by atoms with E-state index in [9.17, 15) is 13.6 Å². The van der Waals surface area contributed by atoms with Gasteiger partial charge >= 0.3 is 6.09 Å². The van der Waals surface area contributed by atoms with Crippen LogP contribution in [0, 0.1) is 11.6 Å². The average molecular weight is 506 g/mol. The van der Waals surface area contributed by atoms with Crippen molar-refractivity contribution >= 4 is 23.7 Å².